The topological polar surface area (TPSA) is 38.8 Å². The second kappa shape index (κ2) is 9.43. The van der Waals surface area contributed by atoms with E-state index in [1.54, 1.807) is 29.2 Å². The van der Waals surface area contributed by atoms with Gasteiger partial charge in [-0.1, -0.05) is 30.7 Å². The average molecular weight is 380 g/mol. The molecule has 140 valence electrons. The first kappa shape index (κ1) is 20.0. The fourth-order valence-electron chi connectivity index (χ4n) is 2.55. The van der Waals surface area contributed by atoms with E-state index in [1.807, 2.05) is 13.8 Å². The van der Waals surface area contributed by atoms with Gasteiger partial charge >= 0.3 is 0 Å². The Labute approximate surface area is 158 Å². The van der Waals surface area contributed by atoms with E-state index in [0.29, 0.717) is 41.8 Å². The summed E-state index contributed by atoms with van der Waals surface area (Å²) < 4.78 is 24.3. The largest absolute Gasteiger partial charge is 0.493 e. The molecule has 0 unspecified atom stereocenters. The zero-order chi connectivity index (χ0) is 19.1. The quantitative estimate of drug-likeness (QED) is 0.652. The summed E-state index contributed by atoms with van der Waals surface area (Å²) in [5.41, 5.74) is 1.12. The second-order valence-corrected chi connectivity index (χ2v) is 6.19. The van der Waals surface area contributed by atoms with Gasteiger partial charge in [-0.25, -0.2) is 4.39 Å². The Morgan fingerprint density at radius 2 is 2.00 bits per heavy atom. The van der Waals surface area contributed by atoms with Gasteiger partial charge in [0.15, 0.2) is 11.5 Å². The monoisotopic (exact) mass is 379 g/mol. The molecule has 0 aliphatic heterocycles. The molecule has 0 spiro atoms. The van der Waals surface area contributed by atoms with E-state index >= 15 is 0 Å². The number of methoxy groups -OCH3 is 1. The van der Waals surface area contributed by atoms with Gasteiger partial charge in [0, 0.05) is 18.7 Å². The van der Waals surface area contributed by atoms with Gasteiger partial charge in [-0.15, -0.1) is 0 Å². The Morgan fingerprint density at radius 3 is 2.62 bits per heavy atom. The third-order valence-electron chi connectivity index (χ3n) is 3.86. The Bertz CT molecular complexity index is 767. The Balaban J connectivity index is 2.27. The molecule has 0 N–H and O–H groups in total. The number of ether oxygens (including phenoxy) is 2. The fourth-order valence-corrected chi connectivity index (χ4v) is 2.82. The van der Waals surface area contributed by atoms with Crippen molar-refractivity contribution in [3.8, 4) is 11.5 Å². The lowest BCUT2D eigenvalue weighted by molar-refractivity contribution is 0.0752. The van der Waals surface area contributed by atoms with Crippen LogP contribution in [0, 0.1) is 5.82 Å². The van der Waals surface area contributed by atoms with Crippen molar-refractivity contribution in [2.24, 2.45) is 0 Å². The van der Waals surface area contributed by atoms with Gasteiger partial charge in [0.1, 0.15) is 5.82 Å². The highest BCUT2D eigenvalue weighted by atomic mass is 35.5. The zero-order valence-electron chi connectivity index (χ0n) is 15.2. The molecule has 26 heavy (non-hydrogen) atoms. The van der Waals surface area contributed by atoms with E-state index in [-0.39, 0.29) is 11.7 Å². The van der Waals surface area contributed by atoms with Crippen molar-refractivity contribution < 1.29 is 18.7 Å². The van der Waals surface area contributed by atoms with Gasteiger partial charge < -0.3 is 14.4 Å². The third-order valence-corrected chi connectivity index (χ3v) is 4.14. The minimum absolute atomic E-state index is 0.209. The number of nitrogens with zero attached hydrogens (tertiary/aromatic N) is 1. The van der Waals surface area contributed by atoms with Crippen LogP contribution in [0.3, 0.4) is 0 Å². The molecule has 2 rings (SSSR count). The standard InChI is InChI=1S/C20H23ClFNO3/c1-4-9-26-19-17(21)11-15(12-18(19)25-3)20(24)23(5-2)13-14-7-6-8-16(22)10-14/h6-8,10-12H,4-5,9,13H2,1-3H3. The van der Waals surface area contributed by atoms with E-state index in [2.05, 4.69) is 0 Å². The summed E-state index contributed by atoms with van der Waals surface area (Å²) in [6.45, 7) is 5.15. The second-order valence-electron chi connectivity index (χ2n) is 5.79. The van der Waals surface area contributed by atoms with Crippen molar-refractivity contribution in [3.05, 3.63) is 58.4 Å². The molecule has 0 atom stereocenters. The van der Waals surface area contributed by atoms with Crippen molar-refractivity contribution in [3.63, 3.8) is 0 Å². The Morgan fingerprint density at radius 1 is 1.23 bits per heavy atom. The lowest BCUT2D eigenvalue weighted by Crippen LogP contribution is -2.30. The highest BCUT2D eigenvalue weighted by molar-refractivity contribution is 6.32. The van der Waals surface area contributed by atoms with E-state index in [1.165, 1.54) is 19.2 Å². The molecule has 0 aromatic heterocycles. The van der Waals surface area contributed by atoms with Gasteiger partial charge in [0.25, 0.3) is 5.91 Å². The lowest BCUT2D eigenvalue weighted by atomic mass is 10.1. The molecular formula is C20H23ClFNO3. The van der Waals surface area contributed by atoms with Gasteiger partial charge in [0.05, 0.1) is 18.7 Å². The van der Waals surface area contributed by atoms with Crippen LogP contribution in [-0.2, 0) is 6.54 Å². The molecule has 0 heterocycles. The molecule has 1 amide bonds. The number of hydrogen-bond acceptors (Lipinski definition) is 3. The van der Waals surface area contributed by atoms with Gasteiger partial charge in [-0.3, -0.25) is 4.79 Å². The molecule has 2 aromatic carbocycles. The number of carbonyl (C=O) groups excluding carboxylic acids is 1. The predicted molar refractivity (Wildman–Crippen MR) is 101 cm³/mol. The fraction of sp³-hybridized carbons (Fsp3) is 0.350. The summed E-state index contributed by atoms with van der Waals surface area (Å²) >= 11 is 6.30. The summed E-state index contributed by atoms with van der Waals surface area (Å²) in [5, 5.41) is 0.322. The highest BCUT2D eigenvalue weighted by Crippen LogP contribution is 2.37. The maximum atomic E-state index is 13.4. The molecule has 6 heteroatoms. The minimum Gasteiger partial charge on any atom is -0.493 e. The van der Waals surface area contributed by atoms with Crippen molar-refractivity contribution >= 4 is 17.5 Å². The van der Waals surface area contributed by atoms with Crippen molar-refractivity contribution in [2.45, 2.75) is 26.8 Å². The molecule has 0 aliphatic rings. The predicted octanol–water partition coefficient (Wildman–Crippen LogP) is 4.94. The molecular weight excluding hydrogens is 357 g/mol. The first-order valence-electron chi connectivity index (χ1n) is 8.54. The van der Waals surface area contributed by atoms with Crippen LogP contribution in [0.25, 0.3) is 0 Å². The number of amides is 1. The minimum atomic E-state index is -0.326. The van der Waals surface area contributed by atoms with Crippen molar-refractivity contribution in [1.29, 1.82) is 0 Å². The maximum Gasteiger partial charge on any atom is 0.254 e. The van der Waals surface area contributed by atoms with Crippen LogP contribution in [0.4, 0.5) is 4.39 Å². The smallest absolute Gasteiger partial charge is 0.254 e. The molecule has 0 saturated carbocycles. The summed E-state index contributed by atoms with van der Waals surface area (Å²) in [6, 6.07) is 9.41. The molecule has 4 nitrogen and oxygen atoms in total. The molecule has 0 aliphatic carbocycles. The summed E-state index contributed by atoms with van der Waals surface area (Å²) in [6.07, 6.45) is 0.831. The summed E-state index contributed by atoms with van der Waals surface area (Å²) in [4.78, 5) is 14.5. The van der Waals surface area contributed by atoms with Crippen LogP contribution in [0.5, 0.6) is 11.5 Å². The summed E-state index contributed by atoms with van der Waals surface area (Å²) in [7, 11) is 1.50. The van der Waals surface area contributed by atoms with Crippen molar-refractivity contribution in [2.75, 3.05) is 20.3 Å². The number of halogens is 2. The average Bonchev–Trinajstić information content (AvgIpc) is 2.64. The van der Waals surface area contributed by atoms with Crippen molar-refractivity contribution in [1.82, 2.24) is 4.90 Å². The zero-order valence-corrected chi connectivity index (χ0v) is 16.0. The molecule has 0 fully saturated rings. The third kappa shape index (κ3) is 4.88. The summed E-state index contributed by atoms with van der Waals surface area (Å²) in [5.74, 6) is 0.309. The highest BCUT2D eigenvalue weighted by Gasteiger charge is 2.20. The van der Waals surface area contributed by atoms with E-state index in [9.17, 15) is 9.18 Å². The van der Waals surface area contributed by atoms with Crippen LogP contribution >= 0.6 is 11.6 Å². The number of carbonyl (C=O) groups is 1. The first-order valence-corrected chi connectivity index (χ1v) is 8.92. The van der Waals surface area contributed by atoms with Crippen LogP contribution in [0.15, 0.2) is 36.4 Å². The lowest BCUT2D eigenvalue weighted by Gasteiger charge is -2.22. The van der Waals surface area contributed by atoms with Gasteiger partial charge in [0.2, 0.25) is 0 Å². The van der Waals surface area contributed by atoms with Crippen LogP contribution in [0.1, 0.15) is 36.2 Å². The number of rotatable bonds is 8. The number of hydrogen-bond donors (Lipinski definition) is 0. The van der Waals surface area contributed by atoms with Crippen LogP contribution in [-0.4, -0.2) is 31.1 Å². The van der Waals surface area contributed by atoms with Gasteiger partial charge in [-0.2, -0.15) is 0 Å². The van der Waals surface area contributed by atoms with Gasteiger partial charge in [-0.05, 0) is 43.2 Å². The van der Waals surface area contributed by atoms with E-state index in [0.717, 1.165) is 12.0 Å². The van der Waals surface area contributed by atoms with E-state index in [4.69, 9.17) is 21.1 Å². The normalized spacial score (nSPS) is 10.5. The number of benzene rings is 2. The maximum absolute atomic E-state index is 13.4. The Kier molecular flexibility index (Phi) is 7.27. The molecule has 2 aromatic rings. The van der Waals surface area contributed by atoms with Crippen LogP contribution in [0.2, 0.25) is 5.02 Å². The first-order chi connectivity index (χ1) is 12.5. The molecule has 0 bridgehead atoms. The molecule has 0 saturated heterocycles. The van der Waals surface area contributed by atoms with E-state index < -0.39 is 0 Å². The SMILES string of the molecule is CCCOc1c(Cl)cc(C(=O)N(CC)Cc2cccc(F)c2)cc1OC. The molecule has 0 radical (unpaired) electrons. The van der Waals surface area contributed by atoms with Crippen LogP contribution < -0.4 is 9.47 Å². The Hall–Kier alpha value is -2.27.